The molecule has 0 atom stereocenters. The number of phenolic OH excluding ortho intramolecular Hbond substituents is 1. The van der Waals surface area contributed by atoms with Crippen LogP contribution in [-0.4, -0.2) is 24.0 Å². The van der Waals surface area contributed by atoms with Crippen LogP contribution in [0.1, 0.15) is 16.7 Å². The van der Waals surface area contributed by atoms with Crippen molar-refractivity contribution in [3.63, 3.8) is 0 Å². The van der Waals surface area contributed by atoms with Crippen LogP contribution in [-0.2, 0) is 11.2 Å². The number of nitrogens with one attached hydrogen (secondary N) is 1. The molecule has 0 bridgehead atoms. The minimum Gasteiger partial charge on any atom is -0.504 e. The molecule has 0 fully saturated rings. The van der Waals surface area contributed by atoms with Gasteiger partial charge in [-0.05, 0) is 36.3 Å². The smallest absolute Gasteiger partial charge is 0.256 e. The molecule has 2 aromatic rings. The molecule has 1 amide bonds. The Balaban J connectivity index is 2.08. The molecule has 0 aromatic heterocycles. The number of hydrogen-bond donors (Lipinski definition) is 2. The Kier molecular flexibility index (Phi) is 4.26. The second-order valence-electron chi connectivity index (χ2n) is 5.23. The molecule has 0 saturated heterocycles. The van der Waals surface area contributed by atoms with E-state index < -0.39 is 0 Å². The maximum absolute atomic E-state index is 12.3. The Hall–Kier alpha value is -2.46. The Bertz CT molecular complexity index is 799. The summed E-state index contributed by atoms with van der Waals surface area (Å²) in [6, 6.07) is 11.0. The highest BCUT2D eigenvalue weighted by Crippen LogP contribution is 2.37. The highest BCUT2D eigenvalue weighted by molar-refractivity contribution is 6.35. The molecule has 0 spiro atoms. The maximum atomic E-state index is 12.3. The SMILES string of the molecule is COc1cccc(C=C2C(=O)Nc3ccc(CCCl)cc32)c1O. The summed E-state index contributed by atoms with van der Waals surface area (Å²) in [7, 11) is 1.49. The van der Waals surface area contributed by atoms with Gasteiger partial charge in [0, 0.05) is 28.3 Å². The lowest BCUT2D eigenvalue weighted by atomic mass is 10.0. The zero-order valence-corrected chi connectivity index (χ0v) is 13.4. The molecule has 118 valence electrons. The van der Waals surface area contributed by atoms with Crippen LogP contribution < -0.4 is 10.1 Å². The van der Waals surface area contributed by atoms with Crippen LogP contribution in [0.3, 0.4) is 0 Å². The van der Waals surface area contributed by atoms with E-state index in [4.69, 9.17) is 16.3 Å². The van der Waals surface area contributed by atoms with Crippen molar-refractivity contribution >= 4 is 34.8 Å². The van der Waals surface area contributed by atoms with E-state index in [9.17, 15) is 9.90 Å². The van der Waals surface area contributed by atoms with Gasteiger partial charge >= 0.3 is 0 Å². The molecule has 1 aliphatic heterocycles. The molecule has 0 unspecified atom stereocenters. The Labute approximate surface area is 139 Å². The first-order valence-corrected chi connectivity index (χ1v) is 7.75. The number of hydrogen-bond acceptors (Lipinski definition) is 3. The second-order valence-corrected chi connectivity index (χ2v) is 5.61. The first kappa shape index (κ1) is 15.4. The zero-order chi connectivity index (χ0) is 16.4. The van der Waals surface area contributed by atoms with E-state index in [-0.39, 0.29) is 11.7 Å². The van der Waals surface area contributed by atoms with Gasteiger partial charge < -0.3 is 15.2 Å². The van der Waals surface area contributed by atoms with Gasteiger partial charge in [0.2, 0.25) is 0 Å². The van der Waals surface area contributed by atoms with Gasteiger partial charge in [-0.1, -0.05) is 18.2 Å². The third-order valence-electron chi connectivity index (χ3n) is 3.80. The number of methoxy groups -OCH3 is 1. The number of phenols is 1. The molecular weight excluding hydrogens is 314 g/mol. The lowest BCUT2D eigenvalue weighted by Crippen LogP contribution is -2.03. The van der Waals surface area contributed by atoms with Gasteiger partial charge in [0.05, 0.1) is 7.11 Å². The zero-order valence-electron chi connectivity index (χ0n) is 12.6. The van der Waals surface area contributed by atoms with Gasteiger partial charge in [-0.25, -0.2) is 0 Å². The van der Waals surface area contributed by atoms with Crippen LogP contribution in [0.15, 0.2) is 36.4 Å². The number of carbonyl (C=O) groups is 1. The number of amides is 1. The Morgan fingerprint density at radius 2 is 2.13 bits per heavy atom. The number of aryl methyl sites for hydroxylation is 1. The second kappa shape index (κ2) is 6.34. The number of anilines is 1. The Morgan fingerprint density at radius 1 is 1.30 bits per heavy atom. The fourth-order valence-electron chi connectivity index (χ4n) is 2.62. The van der Waals surface area contributed by atoms with Crippen molar-refractivity contribution < 1.29 is 14.6 Å². The summed E-state index contributed by atoms with van der Waals surface area (Å²) in [4.78, 5) is 12.3. The summed E-state index contributed by atoms with van der Waals surface area (Å²) in [6.07, 6.45) is 2.41. The molecule has 3 rings (SSSR count). The van der Waals surface area contributed by atoms with Crippen LogP contribution in [0.25, 0.3) is 11.6 Å². The van der Waals surface area contributed by atoms with E-state index in [0.29, 0.717) is 22.8 Å². The number of aromatic hydroxyl groups is 1. The van der Waals surface area contributed by atoms with Crippen molar-refractivity contribution in [3.8, 4) is 11.5 Å². The lowest BCUT2D eigenvalue weighted by Gasteiger charge is -2.07. The van der Waals surface area contributed by atoms with Crippen molar-refractivity contribution in [2.24, 2.45) is 0 Å². The predicted molar refractivity (Wildman–Crippen MR) is 92.0 cm³/mol. The van der Waals surface area contributed by atoms with E-state index in [1.807, 2.05) is 18.2 Å². The summed E-state index contributed by atoms with van der Waals surface area (Å²) in [5.74, 6) is 0.718. The summed E-state index contributed by atoms with van der Waals surface area (Å²) in [5.41, 5.74) is 3.70. The van der Waals surface area contributed by atoms with Crippen molar-refractivity contribution in [3.05, 3.63) is 53.1 Å². The molecule has 5 heteroatoms. The van der Waals surface area contributed by atoms with Crippen LogP contribution in [0.2, 0.25) is 0 Å². The quantitative estimate of drug-likeness (QED) is 0.664. The maximum Gasteiger partial charge on any atom is 0.256 e. The first-order valence-electron chi connectivity index (χ1n) is 7.22. The average molecular weight is 330 g/mol. The number of carbonyl (C=O) groups excluding carboxylic acids is 1. The standard InChI is InChI=1S/C18H16ClNO3/c1-23-16-4-2-3-12(17(16)21)10-14-13-9-11(7-8-19)5-6-15(13)20-18(14)22/h2-6,9-10,21H,7-8H2,1H3,(H,20,22). The molecule has 2 aromatic carbocycles. The first-order chi connectivity index (χ1) is 11.1. The predicted octanol–water partition coefficient (Wildman–Crippen LogP) is 3.67. The highest BCUT2D eigenvalue weighted by Gasteiger charge is 2.24. The minimum absolute atomic E-state index is 0.0145. The van der Waals surface area contributed by atoms with E-state index in [1.54, 1.807) is 24.3 Å². The fourth-order valence-corrected chi connectivity index (χ4v) is 2.84. The average Bonchev–Trinajstić information content (AvgIpc) is 2.85. The van der Waals surface area contributed by atoms with Crippen LogP contribution in [0.4, 0.5) is 5.69 Å². The van der Waals surface area contributed by atoms with E-state index in [1.165, 1.54) is 7.11 Å². The molecule has 0 radical (unpaired) electrons. The topological polar surface area (TPSA) is 58.6 Å². The minimum atomic E-state index is -0.190. The largest absolute Gasteiger partial charge is 0.504 e. The molecule has 0 aliphatic carbocycles. The van der Waals surface area contributed by atoms with Crippen molar-refractivity contribution in [1.29, 1.82) is 0 Å². The van der Waals surface area contributed by atoms with Gasteiger partial charge in [0.25, 0.3) is 5.91 Å². The summed E-state index contributed by atoms with van der Waals surface area (Å²) in [5, 5.41) is 13.0. The molecule has 4 nitrogen and oxygen atoms in total. The highest BCUT2D eigenvalue weighted by atomic mass is 35.5. The van der Waals surface area contributed by atoms with Crippen molar-refractivity contribution in [1.82, 2.24) is 0 Å². The van der Waals surface area contributed by atoms with E-state index in [0.717, 1.165) is 23.2 Å². The summed E-state index contributed by atoms with van der Waals surface area (Å²) < 4.78 is 5.10. The number of alkyl halides is 1. The van der Waals surface area contributed by atoms with Gasteiger partial charge in [-0.2, -0.15) is 0 Å². The third-order valence-corrected chi connectivity index (χ3v) is 3.99. The van der Waals surface area contributed by atoms with Crippen molar-refractivity contribution in [2.75, 3.05) is 18.3 Å². The van der Waals surface area contributed by atoms with Crippen LogP contribution in [0, 0.1) is 0 Å². The van der Waals surface area contributed by atoms with Gasteiger partial charge in [0.15, 0.2) is 11.5 Å². The van der Waals surface area contributed by atoms with Crippen LogP contribution >= 0.6 is 11.6 Å². The molecule has 2 N–H and O–H groups in total. The van der Waals surface area contributed by atoms with Gasteiger partial charge in [-0.15, -0.1) is 11.6 Å². The van der Waals surface area contributed by atoms with Gasteiger partial charge in [-0.3, -0.25) is 4.79 Å². The number of ether oxygens (including phenoxy) is 1. The summed E-state index contributed by atoms with van der Waals surface area (Å²) in [6.45, 7) is 0. The fraction of sp³-hybridized carbons (Fsp3) is 0.167. The third kappa shape index (κ3) is 2.90. The van der Waals surface area contributed by atoms with Crippen LogP contribution in [0.5, 0.6) is 11.5 Å². The molecule has 0 saturated carbocycles. The lowest BCUT2D eigenvalue weighted by molar-refractivity contribution is -0.110. The molecule has 1 aliphatic rings. The molecule has 23 heavy (non-hydrogen) atoms. The summed E-state index contributed by atoms with van der Waals surface area (Å²) >= 11 is 5.79. The Morgan fingerprint density at radius 3 is 2.87 bits per heavy atom. The number of para-hydroxylation sites is 1. The number of fused-ring (bicyclic) bond motifs is 1. The van der Waals surface area contributed by atoms with E-state index in [2.05, 4.69) is 5.32 Å². The monoisotopic (exact) mass is 329 g/mol. The van der Waals surface area contributed by atoms with E-state index >= 15 is 0 Å². The number of rotatable bonds is 4. The van der Waals surface area contributed by atoms with Gasteiger partial charge in [0.1, 0.15) is 0 Å². The number of benzene rings is 2. The molecular formula is C18H16ClNO3. The normalized spacial score (nSPS) is 14.7. The number of halogens is 1. The van der Waals surface area contributed by atoms with Crippen molar-refractivity contribution in [2.45, 2.75) is 6.42 Å². The molecule has 1 heterocycles.